The van der Waals surface area contributed by atoms with E-state index in [2.05, 4.69) is 10.2 Å². The summed E-state index contributed by atoms with van der Waals surface area (Å²) < 4.78 is 12.7. The first kappa shape index (κ1) is 15.9. The summed E-state index contributed by atoms with van der Waals surface area (Å²) in [5, 5.41) is 10.6. The van der Waals surface area contributed by atoms with Crippen molar-refractivity contribution in [2.45, 2.75) is 11.8 Å². The van der Waals surface area contributed by atoms with Gasteiger partial charge in [0.2, 0.25) is 11.0 Å². The number of fused-ring (bicyclic) bond motifs is 1. The first-order valence-corrected chi connectivity index (χ1v) is 8.86. The minimum absolute atomic E-state index is 0.00518. The molecule has 0 atom stereocenters. The molecule has 0 spiro atoms. The van der Waals surface area contributed by atoms with Crippen LogP contribution >= 0.6 is 11.8 Å². The maximum atomic E-state index is 12.7. The van der Waals surface area contributed by atoms with Gasteiger partial charge in [-0.25, -0.2) is 9.69 Å². The second-order valence-electron chi connectivity index (χ2n) is 5.44. The Morgan fingerprint density at radius 3 is 2.88 bits per heavy atom. The summed E-state index contributed by atoms with van der Waals surface area (Å²) in [5.41, 5.74) is 1.03. The zero-order chi connectivity index (χ0) is 17.1. The first-order valence-electron chi connectivity index (χ1n) is 7.87. The van der Waals surface area contributed by atoms with E-state index < -0.39 is 0 Å². The molecule has 3 aromatic rings. The van der Waals surface area contributed by atoms with Crippen LogP contribution in [0.5, 0.6) is 0 Å². The Morgan fingerprint density at radius 2 is 2.08 bits per heavy atom. The van der Waals surface area contributed by atoms with Gasteiger partial charge in [-0.3, -0.25) is 4.79 Å². The van der Waals surface area contributed by atoms with E-state index in [1.807, 2.05) is 30.3 Å². The van der Waals surface area contributed by atoms with E-state index in [1.165, 1.54) is 0 Å². The van der Waals surface area contributed by atoms with Gasteiger partial charge in [0.05, 0.1) is 19.4 Å². The number of aromatic nitrogens is 3. The molecular formula is C17H16N4O3S. The zero-order valence-electron chi connectivity index (χ0n) is 13.4. The predicted molar refractivity (Wildman–Crippen MR) is 92.6 cm³/mol. The Kier molecular flexibility index (Phi) is 4.53. The number of carbonyl (C=O) groups excluding carboxylic acids is 1. The zero-order valence-corrected chi connectivity index (χ0v) is 14.2. The Bertz CT molecular complexity index is 848. The van der Waals surface area contributed by atoms with Gasteiger partial charge in [-0.1, -0.05) is 42.1 Å². The fourth-order valence-electron chi connectivity index (χ4n) is 2.60. The van der Waals surface area contributed by atoms with E-state index in [4.69, 9.17) is 9.15 Å². The van der Waals surface area contributed by atoms with Gasteiger partial charge in [0.25, 0.3) is 5.91 Å². The van der Waals surface area contributed by atoms with Crippen LogP contribution in [-0.4, -0.2) is 39.7 Å². The molecule has 0 saturated heterocycles. The lowest BCUT2D eigenvalue weighted by Gasteiger charge is -2.28. The van der Waals surface area contributed by atoms with Gasteiger partial charge in [-0.15, -0.1) is 10.2 Å². The van der Waals surface area contributed by atoms with Crippen LogP contribution in [0.15, 0.2) is 58.3 Å². The number of rotatable bonds is 5. The standard InChI is InChI=1S/C17H16N4O3S/c22-15(12-23-11-13-5-2-1-3-6-13)20-8-10-25-17-19-18-16(21(17)20)14-7-4-9-24-14/h1-7,9H,8,10-12H2. The summed E-state index contributed by atoms with van der Waals surface area (Å²) in [7, 11) is 0. The predicted octanol–water partition coefficient (Wildman–Crippen LogP) is 2.33. The summed E-state index contributed by atoms with van der Waals surface area (Å²) in [6.07, 6.45) is 1.57. The Hall–Kier alpha value is -2.58. The highest BCUT2D eigenvalue weighted by Crippen LogP contribution is 2.27. The number of furan rings is 1. The van der Waals surface area contributed by atoms with Crippen LogP contribution in [0, 0.1) is 0 Å². The molecule has 4 rings (SSSR count). The summed E-state index contributed by atoms with van der Waals surface area (Å²) in [5.74, 6) is 1.72. The van der Waals surface area contributed by atoms with Gasteiger partial charge in [0, 0.05) is 5.75 Å². The lowest BCUT2D eigenvalue weighted by atomic mass is 10.2. The second kappa shape index (κ2) is 7.12. The summed E-state index contributed by atoms with van der Waals surface area (Å²) >= 11 is 1.56. The molecule has 3 heterocycles. The van der Waals surface area contributed by atoms with Crippen LogP contribution in [0.25, 0.3) is 11.6 Å². The molecule has 1 aliphatic heterocycles. The normalized spacial score (nSPS) is 13.7. The molecule has 0 fully saturated rings. The number of carbonyl (C=O) groups is 1. The monoisotopic (exact) mass is 356 g/mol. The molecule has 0 unspecified atom stereocenters. The van der Waals surface area contributed by atoms with Crippen molar-refractivity contribution in [2.24, 2.45) is 0 Å². The molecule has 1 aromatic carbocycles. The van der Waals surface area contributed by atoms with E-state index in [-0.39, 0.29) is 12.5 Å². The molecule has 8 heteroatoms. The lowest BCUT2D eigenvalue weighted by Crippen LogP contribution is -2.46. The van der Waals surface area contributed by atoms with Crippen LogP contribution in [-0.2, 0) is 16.1 Å². The highest BCUT2D eigenvalue weighted by molar-refractivity contribution is 7.99. The van der Waals surface area contributed by atoms with Crippen molar-refractivity contribution in [1.29, 1.82) is 0 Å². The van der Waals surface area contributed by atoms with Crippen LogP contribution < -0.4 is 5.01 Å². The van der Waals surface area contributed by atoms with Crippen molar-refractivity contribution in [3.8, 4) is 11.6 Å². The molecule has 1 amide bonds. The molecule has 25 heavy (non-hydrogen) atoms. The molecule has 0 radical (unpaired) electrons. The van der Waals surface area contributed by atoms with Gasteiger partial charge in [-0.2, -0.15) is 0 Å². The first-order chi connectivity index (χ1) is 12.3. The number of thioether (sulfide) groups is 1. The number of hydrogen-bond donors (Lipinski definition) is 0. The smallest absolute Gasteiger partial charge is 0.267 e. The van der Waals surface area contributed by atoms with E-state index in [1.54, 1.807) is 39.8 Å². The number of nitrogens with zero attached hydrogens (tertiary/aromatic N) is 4. The maximum Gasteiger partial charge on any atom is 0.267 e. The van der Waals surface area contributed by atoms with E-state index in [9.17, 15) is 4.79 Å². The molecule has 2 aromatic heterocycles. The Morgan fingerprint density at radius 1 is 1.20 bits per heavy atom. The van der Waals surface area contributed by atoms with Gasteiger partial charge in [-0.05, 0) is 17.7 Å². The van der Waals surface area contributed by atoms with Crippen LogP contribution in [0.3, 0.4) is 0 Å². The van der Waals surface area contributed by atoms with Crippen molar-refractivity contribution in [1.82, 2.24) is 14.9 Å². The van der Waals surface area contributed by atoms with Crippen molar-refractivity contribution in [2.75, 3.05) is 23.9 Å². The van der Waals surface area contributed by atoms with Gasteiger partial charge >= 0.3 is 0 Å². The number of ether oxygens (including phenoxy) is 1. The van der Waals surface area contributed by atoms with E-state index in [0.717, 1.165) is 11.3 Å². The van der Waals surface area contributed by atoms with Crippen molar-refractivity contribution in [3.05, 3.63) is 54.3 Å². The lowest BCUT2D eigenvalue weighted by molar-refractivity contribution is -0.125. The minimum atomic E-state index is -0.134. The molecule has 0 saturated carbocycles. The Labute approximate surface area is 148 Å². The highest BCUT2D eigenvalue weighted by atomic mass is 32.2. The van der Waals surface area contributed by atoms with Crippen molar-refractivity contribution >= 4 is 17.7 Å². The highest BCUT2D eigenvalue weighted by Gasteiger charge is 2.28. The van der Waals surface area contributed by atoms with E-state index >= 15 is 0 Å². The number of benzene rings is 1. The molecule has 0 bridgehead atoms. The van der Waals surface area contributed by atoms with Crippen LogP contribution in [0.4, 0.5) is 0 Å². The minimum Gasteiger partial charge on any atom is -0.461 e. The fraction of sp³-hybridized carbons (Fsp3) is 0.235. The van der Waals surface area contributed by atoms with Gasteiger partial charge in [0.15, 0.2) is 5.76 Å². The third kappa shape index (κ3) is 3.31. The van der Waals surface area contributed by atoms with Crippen molar-refractivity contribution in [3.63, 3.8) is 0 Å². The topological polar surface area (TPSA) is 73.4 Å². The molecule has 7 nitrogen and oxygen atoms in total. The quantitative estimate of drug-likeness (QED) is 0.699. The largest absolute Gasteiger partial charge is 0.461 e. The summed E-state index contributed by atoms with van der Waals surface area (Å²) in [6.45, 7) is 0.959. The number of amides is 1. The van der Waals surface area contributed by atoms with Gasteiger partial charge < -0.3 is 9.15 Å². The maximum absolute atomic E-state index is 12.7. The molecule has 0 N–H and O–H groups in total. The van der Waals surface area contributed by atoms with Gasteiger partial charge in [0.1, 0.15) is 6.61 Å². The second-order valence-corrected chi connectivity index (χ2v) is 6.50. The summed E-state index contributed by atoms with van der Waals surface area (Å²) in [4.78, 5) is 12.7. The molecule has 0 aliphatic carbocycles. The molecular weight excluding hydrogens is 340 g/mol. The molecule has 128 valence electrons. The third-order valence-electron chi connectivity index (χ3n) is 3.75. The summed E-state index contributed by atoms with van der Waals surface area (Å²) in [6, 6.07) is 13.4. The molecule has 1 aliphatic rings. The van der Waals surface area contributed by atoms with Crippen molar-refractivity contribution < 1.29 is 13.9 Å². The fourth-order valence-corrected chi connectivity index (χ4v) is 3.45. The SMILES string of the molecule is O=C(COCc1ccccc1)N1CCSc2nnc(-c3ccco3)n21. The third-order valence-corrected chi connectivity index (χ3v) is 4.65. The average molecular weight is 356 g/mol. The van der Waals surface area contributed by atoms with E-state index in [0.29, 0.717) is 29.9 Å². The van der Waals surface area contributed by atoms with Crippen LogP contribution in [0.2, 0.25) is 0 Å². The van der Waals surface area contributed by atoms with Crippen LogP contribution in [0.1, 0.15) is 5.56 Å². The number of hydrogen-bond acceptors (Lipinski definition) is 6. The average Bonchev–Trinajstić information content (AvgIpc) is 3.31. The Balaban J connectivity index is 1.48.